The van der Waals surface area contributed by atoms with Gasteiger partial charge < -0.3 is 9.52 Å². The Morgan fingerprint density at radius 2 is 2.07 bits per heavy atom. The van der Waals surface area contributed by atoms with Crippen molar-refractivity contribution in [2.24, 2.45) is 5.92 Å². The van der Waals surface area contributed by atoms with Crippen LogP contribution in [0.1, 0.15) is 29.5 Å². The number of amides is 2. The predicted molar refractivity (Wildman–Crippen MR) is 96.5 cm³/mol. The molecule has 1 aliphatic heterocycles. The van der Waals surface area contributed by atoms with Gasteiger partial charge >= 0.3 is 5.97 Å². The van der Waals surface area contributed by atoms with E-state index in [9.17, 15) is 24.3 Å². The zero-order valence-corrected chi connectivity index (χ0v) is 15.4. The molecule has 4 rings (SSSR count). The van der Waals surface area contributed by atoms with Gasteiger partial charge in [0.2, 0.25) is 11.8 Å². The number of hydrogen-bond acceptors (Lipinski definition) is 5. The van der Waals surface area contributed by atoms with Crippen molar-refractivity contribution in [3.63, 3.8) is 0 Å². The lowest BCUT2D eigenvalue weighted by Crippen LogP contribution is -2.51. The smallest absolute Gasteiger partial charge is 0.304 e. The zero-order valence-electron chi connectivity index (χ0n) is 14.7. The Kier molecular flexibility index (Phi) is 4.34. The zero-order chi connectivity index (χ0) is 20.1. The molecule has 2 amide bonds. The molecule has 1 fully saturated rings. The van der Waals surface area contributed by atoms with Gasteiger partial charge in [-0.3, -0.25) is 24.1 Å². The molecule has 1 saturated heterocycles. The van der Waals surface area contributed by atoms with Crippen molar-refractivity contribution in [2.45, 2.75) is 31.2 Å². The molecule has 1 aromatic carbocycles. The van der Waals surface area contributed by atoms with E-state index in [4.69, 9.17) is 16.0 Å². The van der Waals surface area contributed by atoms with Gasteiger partial charge in [0.1, 0.15) is 5.41 Å². The Morgan fingerprint density at radius 1 is 1.29 bits per heavy atom. The van der Waals surface area contributed by atoms with Gasteiger partial charge in [-0.05, 0) is 35.7 Å². The minimum absolute atomic E-state index is 0.0112. The van der Waals surface area contributed by atoms with Crippen LogP contribution in [0.5, 0.6) is 0 Å². The molecule has 1 aliphatic carbocycles. The van der Waals surface area contributed by atoms with Gasteiger partial charge in [-0.2, -0.15) is 0 Å². The number of furan rings is 1. The third-order valence-corrected chi connectivity index (χ3v) is 5.69. The fraction of sp³-hybridized carbons (Fsp3) is 0.300. The van der Waals surface area contributed by atoms with Crippen LogP contribution in [0, 0.1) is 5.92 Å². The van der Waals surface area contributed by atoms with Crippen molar-refractivity contribution in [1.82, 2.24) is 4.90 Å². The largest absolute Gasteiger partial charge is 0.481 e. The van der Waals surface area contributed by atoms with Crippen molar-refractivity contribution in [3.8, 4) is 0 Å². The van der Waals surface area contributed by atoms with Crippen LogP contribution in [0.15, 0.2) is 41.2 Å². The molecule has 1 N–H and O–H groups in total. The van der Waals surface area contributed by atoms with Gasteiger partial charge in [-0.15, -0.1) is 0 Å². The molecule has 0 radical (unpaired) electrons. The van der Waals surface area contributed by atoms with E-state index in [1.165, 1.54) is 18.6 Å². The fourth-order valence-electron chi connectivity index (χ4n) is 4.21. The summed E-state index contributed by atoms with van der Waals surface area (Å²) >= 11 is 6.11. The van der Waals surface area contributed by atoms with Gasteiger partial charge in [-0.25, -0.2) is 0 Å². The number of fused-ring (bicyclic) bond motifs is 2. The lowest BCUT2D eigenvalue weighted by Gasteiger charge is -2.36. The van der Waals surface area contributed by atoms with E-state index in [2.05, 4.69) is 0 Å². The van der Waals surface area contributed by atoms with E-state index < -0.39 is 41.3 Å². The third kappa shape index (κ3) is 2.74. The number of carboxylic acids is 1. The Bertz CT molecular complexity index is 998. The van der Waals surface area contributed by atoms with Crippen LogP contribution < -0.4 is 0 Å². The normalized spacial score (nSPS) is 24.1. The van der Waals surface area contributed by atoms with Crippen molar-refractivity contribution in [2.75, 3.05) is 0 Å². The van der Waals surface area contributed by atoms with Crippen molar-refractivity contribution in [3.05, 3.63) is 58.5 Å². The van der Waals surface area contributed by atoms with Gasteiger partial charge in [0.25, 0.3) is 0 Å². The molecule has 144 valence electrons. The van der Waals surface area contributed by atoms with E-state index in [1.807, 2.05) is 0 Å². The highest BCUT2D eigenvalue weighted by atomic mass is 35.5. The third-order valence-electron chi connectivity index (χ3n) is 5.46. The van der Waals surface area contributed by atoms with Gasteiger partial charge in [0.05, 0.1) is 31.9 Å². The number of hydrogen-bond donors (Lipinski definition) is 1. The van der Waals surface area contributed by atoms with Gasteiger partial charge in [0.15, 0.2) is 5.78 Å². The average Bonchev–Trinajstić information content (AvgIpc) is 3.23. The number of Topliss-reactive ketones (excluding diaryl/α,β-unsaturated/α-hetero) is 1. The van der Waals surface area contributed by atoms with Crippen molar-refractivity contribution >= 4 is 35.2 Å². The summed E-state index contributed by atoms with van der Waals surface area (Å²) in [6.07, 6.45) is 2.33. The van der Waals surface area contributed by atoms with Gasteiger partial charge in [0, 0.05) is 16.5 Å². The van der Waals surface area contributed by atoms with Crippen LogP contribution in [0.4, 0.5) is 0 Å². The highest BCUT2D eigenvalue weighted by Gasteiger charge is 2.61. The number of rotatable bonds is 4. The first-order valence-electron chi connectivity index (χ1n) is 8.74. The van der Waals surface area contributed by atoms with Crippen LogP contribution in [0.25, 0.3) is 0 Å². The number of nitrogens with zero attached hydrogens (tertiary/aromatic N) is 1. The second-order valence-corrected chi connectivity index (χ2v) is 7.60. The number of carboxylic acid groups (broad SMARTS) is 1. The Hall–Kier alpha value is -2.93. The first-order valence-corrected chi connectivity index (χ1v) is 9.11. The minimum Gasteiger partial charge on any atom is -0.481 e. The molecule has 0 bridgehead atoms. The maximum absolute atomic E-state index is 13.4. The lowest BCUT2D eigenvalue weighted by atomic mass is 9.63. The monoisotopic (exact) mass is 401 g/mol. The predicted octanol–water partition coefficient (Wildman–Crippen LogP) is 2.35. The topological polar surface area (TPSA) is 105 Å². The summed E-state index contributed by atoms with van der Waals surface area (Å²) < 4.78 is 4.99. The number of benzene rings is 1. The molecule has 2 unspecified atom stereocenters. The average molecular weight is 402 g/mol. The summed E-state index contributed by atoms with van der Waals surface area (Å²) in [6, 6.07) is 6.49. The molecule has 2 aromatic rings. The van der Waals surface area contributed by atoms with Crippen LogP contribution in [0.3, 0.4) is 0 Å². The van der Waals surface area contributed by atoms with Crippen LogP contribution in [-0.4, -0.2) is 33.6 Å². The molecule has 0 saturated carbocycles. The molecule has 1 aromatic heterocycles. The molecule has 2 aliphatic rings. The van der Waals surface area contributed by atoms with Crippen LogP contribution in [0.2, 0.25) is 5.02 Å². The quantitative estimate of drug-likeness (QED) is 0.622. The van der Waals surface area contributed by atoms with E-state index in [1.54, 1.807) is 18.2 Å². The summed E-state index contributed by atoms with van der Waals surface area (Å²) in [6.45, 7) is -0.0112. The standard InChI is InChI=1S/C20H16ClNO6/c21-14-2-1-12-5-13(6-17(24)25)18(26)20(15(12)7-14)8-16(23)22(19(20)27)9-11-3-4-28-10-11/h1-4,7,10,13H,5-6,8-9H2,(H,24,25). The number of carbonyl (C=O) groups excluding carboxylic acids is 3. The van der Waals surface area contributed by atoms with E-state index in [0.29, 0.717) is 21.7 Å². The van der Waals surface area contributed by atoms with Crippen molar-refractivity contribution < 1.29 is 28.7 Å². The SMILES string of the molecule is O=C(O)CC1Cc2ccc(Cl)cc2C2(CC(=O)N(Cc3ccoc3)C2=O)C1=O. The van der Waals surface area contributed by atoms with E-state index >= 15 is 0 Å². The number of likely N-dealkylation sites (tertiary alicyclic amines) is 1. The maximum atomic E-state index is 13.4. The maximum Gasteiger partial charge on any atom is 0.304 e. The molecule has 2 atom stereocenters. The van der Waals surface area contributed by atoms with Crippen LogP contribution in [-0.2, 0) is 37.6 Å². The number of aliphatic carboxylic acids is 1. The first-order chi connectivity index (χ1) is 13.3. The molecule has 28 heavy (non-hydrogen) atoms. The molecular formula is C20H16ClNO6. The summed E-state index contributed by atoms with van der Waals surface area (Å²) in [4.78, 5) is 51.8. The van der Waals surface area contributed by atoms with Gasteiger partial charge in [-0.1, -0.05) is 17.7 Å². The second kappa shape index (κ2) is 6.60. The lowest BCUT2D eigenvalue weighted by molar-refractivity contribution is -0.147. The Labute approximate surface area is 164 Å². The minimum atomic E-state index is -1.72. The summed E-state index contributed by atoms with van der Waals surface area (Å²) in [5, 5.41) is 9.55. The number of imide groups is 1. The summed E-state index contributed by atoms with van der Waals surface area (Å²) in [5.41, 5.74) is -0.0315. The first kappa shape index (κ1) is 18.4. The number of halogens is 1. The Balaban J connectivity index is 1.82. The second-order valence-electron chi connectivity index (χ2n) is 7.16. The highest BCUT2D eigenvalue weighted by Crippen LogP contribution is 2.46. The number of ketones is 1. The number of carbonyl (C=O) groups is 4. The molecule has 1 spiro atoms. The highest BCUT2D eigenvalue weighted by molar-refractivity contribution is 6.31. The van der Waals surface area contributed by atoms with E-state index in [0.717, 1.165) is 4.90 Å². The van der Waals surface area contributed by atoms with Crippen molar-refractivity contribution in [1.29, 1.82) is 0 Å². The molecular weight excluding hydrogens is 386 g/mol. The molecule has 2 heterocycles. The van der Waals surface area contributed by atoms with Crippen LogP contribution >= 0.6 is 11.6 Å². The Morgan fingerprint density at radius 3 is 2.75 bits per heavy atom. The van der Waals surface area contributed by atoms with E-state index in [-0.39, 0.29) is 19.4 Å². The summed E-state index contributed by atoms with van der Waals surface area (Å²) in [7, 11) is 0. The molecule has 7 nitrogen and oxygen atoms in total. The molecule has 8 heteroatoms. The fourth-order valence-corrected chi connectivity index (χ4v) is 4.38. The summed E-state index contributed by atoms with van der Waals surface area (Å²) in [5.74, 6) is -3.66.